The van der Waals surface area contributed by atoms with E-state index in [0.29, 0.717) is 17.4 Å². The molecule has 2 aliphatic rings. The van der Waals surface area contributed by atoms with E-state index in [0.717, 1.165) is 38.4 Å². The molecule has 6 nitrogen and oxygen atoms in total. The topological polar surface area (TPSA) is 70.7 Å². The van der Waals surface area contributed by atoms with Crippen LogP contribution in [0.5, 0.6) is 5.75 Å². The molecule has 1 atom stereocenters. The van der Waals surface area contributed by atoms with Gasteiger partial charge >= 0.3 is 0 Å². The Morgan fingerprint density at radius 3 is 2.38 bits per heavy atom. The van der Waals surface area contributed by atoms with Crippen molar-refractivity contribution in [2.45, 2.75) is 51.6 Å². The standard InChI is InChI=1S/C22H33N3O3.ClH/c1-15(2)20(24-21(26)18-6-4-5-7-19(18)28-3)22(27)25-12-10-17(11-13-25)23-14-16-8-9-16;/h4-7,15-17,20,23H,8-14H2,1-3H3,(H,24,26);1H. The van der Waals surface area contributed by atoms with Crippen LogP contribution in [0.25, 0.3) is 0 Å². The second-order valence-corrected chi connectivity index (χ2v) is 8.35. The van der Waals surface area contributed by atoms with Crippen LogP contribution in [0.1, 0.15) is 49.9 Å². The highest BCUT2D eigenvalue weighted by Crippen LogP contribution is 2.28. The highest BCUT2D eigenvalue weighted by atomic mass is 35.5. The van der Waals surface area contributed by atoms with Gasteiger partial charge in [-0.1, -0.05) is 26.0 Å². The van der Waals surface area contributed by atoms with E-state index in [9.17, 15) is 9.59 Å². The molecule has 1 unspecified atom stereocenters. The molecular formula is C22H34ClN3O3. The lowest BCUT2D eigenvalue weighted by Gasteiger charge is -2.35. The summed E-state index contributed by atoms with van der Waals surface area (Å²) in [7, 11) is 1.54. The van der Waals surface area contributed by atoms with Crippen LogP contribution < -0.4 is 15.4 Å². The highest BCUT2D eigenvalue weighted by Gasteiger charge is 2.32. The van der Waals surface area contributed by atoms with Gasteiger partial charge in [0, 0.05) is 19.1 Å². The number of nitrogens with one attached hydrogen (secondary N) is 2. The first-order chi connectivity index (χ1) is 13.5. The smallest absolute Gasteiger partial charge is 0.255 e. The number of para-hydroxylation sites is 1. The third-order valence-corrected chi connectivity index (χ3v) is 5.77. The Morgan fingerprint density at radius 1 is 1.14 bits per heavy atom. The van der Waals surface area contributed by atoms with Gasteiger partial charge in [-0.05, 0) is 56.2 Å². The Kier molecular flexibility index (Phi) is 8.78. The molecule has 0 bridgehead atoms. The van der Waals surface area contributed by atoms with Gasteiger partial charge in [0.05, 0.1) is 12.7 Å². The molecule has 162 valence electrons. The number of halogens is 1. The zero-order chi connectivity index (χ0) is 20.1. The van der Waals surface area contributed by atoms with Crippen LogP contribution in [-0.2, 0) is 4.79 Å². The first-order valence-electron chi connectivity index (χ1n) is 10.5. The first-order valence-corrected chi connectivity index (χ1v) is 10.5. The molecule has 7 heteroatoms. The molecule has 2 fully saturated rings. The van der Waals surface area contributed by atoms with Crippen molar-refractivity contribution in [3.63, 3.8) is 0 Å². The zero-order valence-corrected chi connectivity index (χ0v) is 18.5. The zero-order valence-electron chi connectivity index (χ0n) is 17.6. The minimum atomic E-state index is -0.534. The van der Waals surface area contributed by atoms with Gasteiger partial charge in [0.1, 0.15) is 11.8 Å². The van der Waals surface area contributed by atoms with Gasteiger partial charge in [0.15, 0.2) is 0 Å². The number of carbonyl (C=O) groups excluding carboxylic acids is 2. The van der Waals surface area contributed by atoms with Crippen molar-refractivity contribution in [3.05, 3.63) is 29.8 Å². The summed E-state index contributed by atoms with van der Waals surface area (Å²) in [5.74, 6) is 1.13. The van der Waals surface area contributed by atoms with E-state index < -0.39 is 6.04 Å². The molecule has 0 spiro atoms. The van der Waals surface area contributed by atoms with Crippen molar-refractivity contribution < 1.29 is 14.3 Å². The van der Waals surface area contributed by atoms with Crippen LogP contribution in [0.4, 0.5) is 0 Å². The van der Waals surface area contributed by atoms with Crippen LogP contribution in [-0.4, -0.2) is 55.5 Å². The minimum Gasteiger partial charge on any atom is -0.496 e. The van der Waals surface area contributed by atoms with Crippen LogP contribution >= 0.6 is 12.4 Å². The van der Waals surface area contributed by atoms with Crippen LogP contribution in [0.2, 0.25) is 0 Å². The molecule has 1 saturated carbocycles. The Morgan fingerprint density at radius 2 is 1.79 bits per heavy atom. The van der Waals surface area contributed by atoms with Crippen LogP contribution in [0.15, 0.2) is 24.3 Å². The molecule has 1 heterocycles. The van der Waals surface area contributed by atoms with Crippen molar-refractivity contribution in [1.82, 2.24) is 15.5 Å². The summed E-state index contributed by atoms with van der Waals surface area (Å²) in [4.78, 5) is 27.8. The summed E-state index contributed by atoms with van der Waals surface area (Å²) in [6, 6.07) is 7.05. The second kappa shape index (κ2) is 10.8. The molecule has 29 heavy (non-hydrogen) atoms. The lowest BCUT2D eigenvalue weighted by atomic mass is 9.99. The number of benzene rings is 1. The molecule has 0 radical (unpaired) electrons. The predicted octanol–water partition coefficient (Wildman–Crippen LogP) is 2.86. The number of piperidine rings is 1. The van der Waals surface area contributed by atoms with E-state index in [1.165, 1.54) is 12.8 Å². The molecule has 1 aromatic rings. The van der Waals surface area contributed by atoms with Crippen molar-refractivity contribution in [1.29, 1.82) is 0 Å². The number of methoxy groups -OCH3 is 1. The van der Waals surface area contributed by atoms with Gasteiger partial charge in [-0.25, -0.2) is 0 Å². The largest absolute Gasteiger partial charge is 0.496 e. The number of carbonyl (C=O) groups is 2. The number of hydrogen-bond acceptors (Lipinski definition) is 4. The second-order valence-electron chi connectivity index (χ2n) is 8.35. The maximum atomic E-state index is 13.1. The van der Waals surface area contributed by atoms with E-state index in [2.05, 4.69) is 10.6 Å². The first kappa shape index (κ1) is 23.5. The van der Waals surface area contributed by atoms with E-state index in [4.69, 9.17) is 4.74 Å². The van der Waals surface area contributed by atoms with Crippen LogP contribution in [0, 0.1) is 11.8 Å². The summed E-state index contributed by atoms with van der Waals surface area (Å²) < 4.78 is 5.28. The van der Waals surface area contributed by atoms with Crippen molar-refractivity contribution >= 4 is 24.2 Å². The van der Waals surface area contributed by atoms with Crippen molar-refractivity contribution in [2.75, 3.05) is 26.7 Å². The van der Waals surface area contributed by atoms with Crippen molar-refractivity contribution in [2.24, 2.45) is 11.8 Å². The average Bonchev–Trinajstić information content (AvgIpc) is 3.54. The normalized spacial score (nSPS) is 18.1. The van der Waals surface area contributed by atoms with Gasteiger partial charge in [-0.15, -0.1) is 12.4 Å². The van der Waals surface area contributed by atoms with Gasteiger partial charge < -0.3 is 20.3 Å². The summed E-state index contributed by atoms with van der Waals surface area (Å²) in [5.41, 5.74) is 0.450. The third kappa shape index (κ3) is 6.34. The molecular weight excluding hydrogens is 390 g/mol. The fourth-order valence-corrected chi connectivity index (χ4v) is 3.72. The van der Waals surface area contributed by atoms with E-state index >= 15 is 0 Å². The summed E-state index contributed by atoms with van der Waals surface area (Å²) in [5, 5.41) is 6.58. The molecule has 0 aromatic heterocycles. The number of likely N-dealkylation sites (tertiary alicyclic amines) is 1. The summed E-state index contributed by atoms with van der Waals surface area (Å²) >= 11 is 0. The van der Waals surface area contributed by atoms with Crippen molar-refractivity contribution in [3.8, 4) is 5.75 Å². The van der Waals surface area contributed by atoms with E-state index in [-0.39, 0.29) is 30.1 Å². The highest BCUT2D eigenvalue weighted by molar-refractivity contribution is 5.99. The number of hydrogen-bond donors (Lipinski definition) is 2. The molecule has 2 N–H and O–H groups in total. The Labute approximate surface area is 180 Å². The Balaban J connectivity index is 0.00000300. The molecule has 3 rings (SSSR count). The molecule has 2 amide bonds. The van der Waals surface area contributed by atoms with E-state index in [1.54, 1.807) is 25.3 Å². The molecule has 1 aliphatic carbocycles. The van der Waals surface area contributed by atoms with Gasteiger partial charge in [0.2, 0.25) is 5.91 Å². The summed E-state index contributed by atoms with van der Waals surface area (Å²) in [6.45, 7) is 6.54. The predicted molar refractivity (Wildman–Crippen MR) is 117 cm³/mol. The summed E-state index contributed by atoms with van der Waals surface area (Å²) in [6.07, 6.45) is 4.66. The molecule has 1 aromatic carbocycles. The minimum absolute atomic E-state index is 0. The maximum Gasteiger partial charge on any atom is 0.255 e. The fraction of sp³-hybridized carbons (Fsp3) is 0.636. The van der Waals surface area contributed by atoms with Crippen LogP contribution in [0.3, 0.4) is 0 Å². The SMILES string of the molecule is COc1ccccc1C(=O)NC(C(=O)N1CCC(NCC2CC2)CC1)C(C)C.Cl. The fourth-order valence-electron chi connectivity index (χ4n) is 3.72. The lowest BCUT2D eigenvalue weighted by Crippen LogP contribution is -2.54. The maximum absolute atomic E-state index is 13.1. The molecule has 1 saturated heterocycles. The number of amides is 2. The van der Waals surface area contributed by atoms with Gasteiger partial charge in [-0.3, -0.25) is 9.59 Å². The lowest BCUT2D eigenvalue weighted by molar-refractivity contribution is -0.135. The number of ether oxygens (including phenoxy) is 1. The Bertz CT molecular complexity index is 686. The third-order valence-electron chi connectivity index (χ3n) is 5.77. The van der Waals surface area contributed by atoms with Gasteiger partial charge in [0.25, 0.3) is 5.91 Å². The number of rotatable bonds is 8. The average molecular weight is 424 g/mol. The quantitative estimate of drug-likeness (QED) is 0.674. The van der Waals surface area contributed by atoms with Gasteiger partial charge in [-0.2, -0.15) is 0 Å². The number of nitrogens with zero attached hydrogens (tertiary/aromatic N) is 1. The monoisotopic (exact) mass is 423 g/mol. The molecule has 1 aliphatic heterocycles. The Hall–Kier alpha value is -1.79. The van der Waals surface area contributed by atoms with E-state index in [1.807, 2.05) is 24.8 Å².